The predicted octanol–water partition coefficient (Wildman–Crippen LogP) is 3.21. The van der Waals surface area contributed by atoms with Crippen molar-refractivity contribution >= 4 is 16.7 Å². The molecule has 2 heterocycles. The number of carbonyl (C=O) groups is 1. The summed E-state index contributed by atoms with van der Waals surface area (Å²) >= 11 is 0. The second-order valence-corrected chi connectivity index (χ2v) is 7.20. The van der Waals surface area contributed by atoms with Crippen LogP contribution in [0.5, 0.6) is 0 Å². The first-order valence-corrected chi connectivity index (χ1v) is 10.00. The van der Waals surface area contributed by atoms with Crippen molar-refractivity contribution in [3.05, 3.63) is 77.4 Å². The van der Waals surface area contributed by atoms with Crippen LogP contribution in [0.1, 0.15) is 30.8 Å². The maximum Gasteiger partial charge on any atom is 0.275 e. The molecule has 0 saturated carbocycles. The molecule has 3 rings (SSSR count). The van der Waals surface area contributed by atoms with Crippen LogP contribution in [-0.2, 0) is 6.54 Å². The molecule has 6 nitrogen and oxygen atoms in total. The highest BCUT2D eigenvalue weighted by molar-refractivity contribution is 6.04. The summed E-state index contributed by atoms with van der Waals surface area (Å²) in [4.78, 5) is 30.0. The second kappa shape index (κ2) is 8.90. The van der Waals surface area contributed by atoms with Crippen molar-refractivity contribution in [1.82, 2.24) is 19.6 Å². The van der Waals surface area contributed by atoms with Gasteiger partial charge in [-0.1, -0.05) is 36.9 Å². The van der Waals surface area contributed by atoms with Crippen LogP contribution in [0.25, 0.3) is 10.8 Å². The van der Waals surface area contributed by atoms with Gasteiger partial charge in [0.15, 0.2) is 5.69 Å². The molecule has 1 aliphatic rings. The molecular formula is C23H28N4O2. The summed E-state index contributed by atoms with van der Waals surface area (Å²) in [6, 6.07) is 7.35. The number of piperazine rings is 1. The van der Waals surface area contributed by atoms with Crippen LogP contribution >= 0.6 is 0 Å². The summed E-state index contributed by atoms with van der Waals surface area (Å²) in [6.07, 6.45) is 6.43. The molecule has 1 amide bonds. The van der Waals surface area contributed by atoms with Crippen molar-refractivity contribution in [3.8, 4) is 0 Å². The van der Waals surface area contributed by atoms with E-state index in [2.05, 4.69) is 30.1 Å². The Hall–Kier alpha value is -3.15. The zero-order valence-corrected chi connectivity index (χ0v) is 17.2. The van der Waals surface area contributed by atoms with Crippen LogP contribution in [-0.4, -0.2) is 51.2 Å². The Kier molecular flexibility index (Phi) is 6.32. The van der Waals surface area contributed by atoms with E-state index in [0.717, 1.165) is 18.7 Å². The summed E-state index contributed by atoms with van der Waals surface area (Å²) in [5.41, 5.74) is 1.33. The molecule has 1 atom stereocenters. The molecule has 0 aliphatic carbocycles. The average molecular weight is 393 g/mol. The standard InChI is InChI=1S/C23H28N4O2/c1-5-10-18(11-6-2)26-15-14-25(16-17(26)4)23(29)21-19-12-8-9-13-20(19)22(28)27(7-3)24-21/h5-6,8-10,12-13,17H,1-2,7,11,14-16H2,3-4H3/b18-10+/t17-/m0/s1. The lowest BCUT2D eigenvalue weighted by atomic mass is 10.1. The molecule has 1 aromatic carbocycles. The Labute approximate surface area is 171 Å². The lowest BCUT2D eigenvalue weighted by Crippen LogP contribution is -2.53. The van der Waals surface area contributed by atoms with E-state index in [1.807, 2.05) is 36.1 Å². The summed E-state index contributed by atoms with van der Waals surface area (Å²) in [5, 5.41) is 5.53. The topological polar surface area (TPSA) is 58.4 Å². The number of nitrogens with zero attached hydrogens (tertiary/aromatic N) is 4. The minimum atomic E-state index is -0.165. The molecule has 0 radical (unpaired) electrons. The third-order valence-electron chi connectivity index (χ3n) is 5.32. The monoisotopic (exact) mass is 392 g/mol. The van der Waals surface area contributed by atoms with Crippen LogP contribution in [0.2, 0.25) is 0 Å². The molecule has 2 aromatic rings. The van der Waals surface area contributed by atoms with Gasteiger partial charge >= 0.3 is 0 Å². The van der Waals surface area contributed by atoms with Crippen molar-refractivity contribution in [2.45, 2.75) is 32.9 Å². The van der Waals surface area contributed by atoms with Gasteiger partial charge in [0.05, 0.1) is 5.39 Å². The van der Waals surface area contributed by atoms with Crippen molar-refractivity contribution in [2.75, 3.05) is 19.6 Å². The Balaban J connectivity index is 1.90. The number of aromatic nitrogens is 2. The Bertz CT molecular complexity index is 1020. The molecule has 0 unspecified atom stereocenters. The first-order valence-electron chi connectivity index (χ1n) is 10.00. The van der Waals surface area contributed by atoms with Gasteiger partial charge in [0.1, 0.15) is 0 Å². The van der Waals surface area contributed by atoms with Crippen LogP contribution in [0.3, 0.4) is 0 Å². The summed E-state index contributed by atoms with van der Waals surface area (Å²) in [6.45, 7) is 13.9. The van der Waals surface area contributed by atoms with E-state index in [4.69, 9.17) is 0 Å². The maximum atomic E-state index is 13.3. The van der Waals surface area contributed by atoms with E-state index >= 15 is 0 Å². The van der Waals surface area contributed by atoms with Gasteiger partial charge in [0.2, 0.25) is 0 Å². The van der Waals surface area contributed by atoms with Gasteiger partial charge in [-0.3, -0.25) is 9.59 Å². The first-order chi connectivity index (χ1) is 14.0. The van der Waals surface area contributed by atoms with Gasteiger partial charge in [0, 0.05) is 49.7 Å². The fraction of sp³-hybridized carbons (Fsp3) is 0.348. The van der Waals surface area contributed by atoms with Gasteiger partial charge in [-0.05, 0) is 26.0 Å². The number of hydrogen-bond acceptors (Lipinski definition) is 4. The van der Waals surface area contributed by atoms with Crippen molar-refractivity contribution < 1.29 is 4.79 Å². The number of benzene rings is 1. The molecule has 29 heavy (non-hydrogen) atoms. The van der Waals surface area contributed by atoms with Crippen LogP contribution in [0.15, 0.2) is 66.1 Å². The van der Waals surface area contributed by atoms with Crippen molar-refractivity contribution in [2.24, 2.45) is 0 Å². The molecule has 0 bridgehead atoms. The van der Waals surface area contributed by atoms with Gasteiger partial charge in [-0.25, -0.2) is 4.68 Å². The number of allylic oxidation sites excluding steroid dienone is 3. The lowest BCUT2D eigenvalue weighted by Gasteiger charge is -2.42. The SMILES string of the molecule is C=C/C=C(\CC=C)N1CCN(C(=O)c2nn(CC)c(=O)c3ccccc23)C[C@@H]1C. The normalized spacial score (nSPS) is 17.4. The third-order valence-corrected chi connectivity index (χ3v) is 5.32. The Morgan fingerprint density at radius 2 is 1.97 bits per heavy atom. The van der Waals surface area contributed by atoms with Crippen molar-refractivity contribution in [1.29, 1.82) is 0 Å². The quantitative estimate of drug-likeness (QED) is 0.560. The Morgan fingerprint density at radius 1 is 1.24 bits per heavy atom. The van der Waals surface area contributed by atoms with E-state index in [-0.39, 0.29) is 17.5 Å². The van der Waals surface area contributed by atoms with E-state index < -0.39 is 0 Å². The highest BCUT2D eigenvalue weighted by atomic mass is 16.2. The molecule has 1 aromatic heterocycles. The largest absolute Gasteiger partial charge is 0.368 e. The number of amides is 1. The minimum absolute atomic E-state index is 0.132. The fourth-order valence-corrected chi connectivity index (χ4v) is 3.89. The molecule has 1 saturated heterocycles. The molecule has 6 heteroatoms. The van der Waals surface area contributed by atoms with Crippen LogP contribution in [0.4, 0.5) is 0 Å². The van der Waals surface area contributed by atoms with Crippen molar-refractivity contribution in [3.63, 3.8) is 0 Å². The zero-order valence-electron chi connectivity index (χ0n) is 17.2. The molecule has 0 N–H and O–H groups in total. The molecule has 152 valence electrons. The van der Waals surface area contributed by atoms with E-state index in [1.54, 1.807) is 18.2 Å². The first kappa shape index (κ1) is 20.6. The second-order valence-electron chi connectivity index (χ2n) is 7.20. The zero-order chi connectivity index (χ0) is 21.0. The van der Waals surface area contributed by atoms with Gasteiger partial charge in [-0.15, -0.1) is 6.58 Å². The summed E-state index contributed by atoms with van der Waals surface area (Å²) in [5.74, 6) is -0.132. The van der Waals surface area contributed by atoms with E-state index in [9.17, 15) is 9.59 Å². The number of carbonyl (C=O) groups excluding carboxylic acids is 1. The summed E-state index contributed by atoms with van der Waals surface area (Å²) in [7, 11) is 0. The number of rotatable bonds is 6. The fourth-order valence-electron chi connectivity index (χ4n) is 3.89. The highest BCUT2D eigenvalue weighted by Gasteiger charge is 2.30. The minimum Gasteiger partial charge on any atom is -0.368 e. The maximum absolute atomic E-state index is 13.3. The van der Waals surface area contributed by atoms with Gasteiger partial charge < -0.3 is 9.80 Å². The third kappa shape index (κ3) is 4.01. The molecule has 1 aliphatic heterocycles. The molecule has 1 fully saturated rings. The number of aryl methyl sites for hydroxylation is 1. The lowest BCUT2D eigenvalue weighted by molar-refractivity contribution is 0.0575. The smallest absolute Gasteiger partial charge is 0.275 e. The van der Waals surface area contributed by atoms with E-state index in [0.29, 0.717) is 36.1 Å². The predicted molar refractivity (Wildman–Crippen MR) is 117 cm³/mol. The van der Waals surface area contributed by atoms with Crippen LogP contribution < -0.4 is 5.56 Å². The molecular weight excluding hydrogens is 364 g/mol. The average Bonchev–Trinajstić information content (AvgIpc) is 2.73. The number of fused-ring (bicyclic) bond motifs is 1. The molecule has 0 spiro atoms. The van der Waals surface area contributed by atoms with Crippen LogP contribution in [0, 0.1) is 0 Å². The van der Waals surface area contributed by atoms with Gasteiger partial charge in [0.25, 0.3) is 11.5 Å². The van der Waals surface area contributed by atoms with E-state index in [1.165, 1.54) is 4.68 Å². The summed E-state index contributed by atoms with van der Waals surface area (Å²) < 4.78 is 1.37. The Morgan fingerprint density at radius 3 is 2.59 bits per heavy atom. The van der Waals surface area contributed by atoms with Gasteiger partial charge in [-0.2, -0.15) is 5.10 Å². The highest BCUT2D eigenvalue weighted by Crippen LogP contribution is 2.21. The number of hydrogen-bond donors (Lipinski definition) is 0.